The van der Waals surface area contributed by atoms with Crippen LogP contribution in [0.15, 0.2) is 30.5 Å². The number of hydrogen-bond acceptors (Lipinski definition) is 3. The first kappa shape index (κ1) is 12.7. The molecule has 4 nitrogen and oxygen atoms in total. The number of nitrogens with one attached hydrogen (secondary N) is 1. The highest BCUT2D eigenvalue weighted by atomic mass is 32.1. The van der Waals surface area contributed by atoms with Crippen LogP contribution in [-0.4, -0.2) is 15.6 Å². The molecule has 0 atom stereocenters. The number of carbonyl (C=O) groups excluding carboxylic acids is 1. The molecule has 1 amide bonds. The summed E-state index contributed by atoms with van der Waals surface area (Å²) in [5.74, 6) is -0.0360. The van der Waals surface area contributed by atoms with E-state index in [1.165, 1.54) is 0 Å². The SMILES string of the molecule is CCCCC(=O)Nn1c(=S)ccc2cccnc21. The van der Waals surface area contributed by atoms with Crippen LogP contribution in [0.2, 0.25) is 0 Å². The number of amides is 1. The van der Waals surface area contributed by atoms with Crippen molar-refractivity contribution >= 4 is 29.2 Å². The molecule has 0 saturated heterocycles. The van der Waals surface area contributed by atoms with Crippen molar-refractivity contribution in [1.82, 2.24) is 9.66 Å². The standard InChI is InChI=1S/C13H15N3OS/c1-2-3-6-11(17)15-16-12(18)8-7-10-5-4-9-14-13(10)16/h4-5,7-9H,2-3,6H2,1H3,(H,15,17). The van der Waals surface area contributed by atoms with Gasteiger partial charge >= 0.3 is 0 Å². The van der Waals surface area contributed by atoms with Crippen LogP contribution >= 0.6 is 12.2 Å². The predicted molar refractivity (Wildman–Crippen MR) is 74.5 cm³/mol. The van der Waals surface area contributed by atoms with Crippen LogP contribution in [-0.2, 0) is 4.79 Å². The topological polar surface area (TPSA) is 46.9 Å². The van der Waals surface area contributed by atoms with E-state index in [0.29, 0.717) is 16.7 Å². The number of unbranched alkanes of at least 4 members (excludes halogenated alkanes) is 1. The van der Waals surface area contributed by atoms with Gasteiger partial charge < -0.3 is 0 Å². The number of nitrogens with zero attached hydrogens (tertiary/aromatic N) is 2. The minimum atomic E-state index is -0.0360. The van der Waals surface area contributed by atoms with Gasteiger partial charge in [-0.3, -0.25) is 10.2 Å². The second-order valence-electron chi connectivity index (χ2n) is 4.06. The number of carbonyl (C=O) groups is 1. The summed E-state index contributed by atoms with van der Waals surface area (Å²) in [6.07, 6.45) is 4.05. The molecule has 2 heterocycles. The predicted octanol–water partition coefficient (Wildman–Crippen LogP) is 3.03. The number of rotatable bonds is 4. The second-order valence-corrected chi connectivity index (χ2v) is 4.48. The minimum absolute atomic E-state index is 0.0360. The molecular formula is C13H15N3OS. The maximum atomic E-state index is 11.8. The average Bonchev–Trinajstić information content (AvgIpc) is 2.40. The molecule has 0 spiro atoms. The quantitative estimate of drug-likeness (QED) is 0.861. The van der Waals surface area contributed by atoms with Gasteiger partial charge in [-0.15, -0.1) is 0 Å². The molecule has 2 aromatic rings. The molecule has 94 valence electrons. The Labute approximate surface area is 111 Å². The summed E-state index contributed by atoms with van der Waals surface area (Å²) in [5, 5.41) is 0.946. The fourth-order valence-corrected chi connectivity index (χ4v) is 1.89. The Kier molecular flexibility index (Phi) is 4.04. The highest BCUT2D eigenvalue weighted by Crippen LogP contribution is 2.10. The van der Waals surface area contributed by atoms with E-state index in [4.69, 9.17) is 12.2 Å². The van der Waals surface area contributed by atoms with E-state index in [1.807, 2.05) is 18.2 Å². The monoisotopic (exact) mass is 261 g/mol. The Morgan fingerprint density at radius 3 is 3.06 bits per heavy atom. The molecule has 0 aromatic carbocycles. The first-order valence-corrected chi connectivity index (χ1v) is 6.40. The van der Waals surface area contributed by atoms with Gasteiger partial charge in [0.15, 0.2) is 5.65 Å². The van der Waals surface area contributed by atoms with Gasteiger partial charge in [-0.05, 0) is 30.7 Å². The Bertz CT molecular complexity index is 621. The Hall–Kier alpha value is -1.75. The van der Waals surface area contributed by atoms with Crippen LogP contribution in [0.4, 0.5) is 0 Å². The van der Waals surface area contributed by atoms with E-state index in [-0.39, 0.29) is 5.91 Å². The molecule has 0 aliphatic carbocycles. The first-order valence-electron chi connectivity index (χ1n) is 5.99. The van der Waals surface area contributed by atoms with Crippen LogP contribution < -0.4 is 5.43 Å². The van der Waals surface area contributed by atoms with E-state index in [0.717, 1.165) is 18.2 Å². The van der Waals surface area contributed by atoms with Crippen molar-refractivity contribution in [1.29, 1.82) is 0 Å². The molecule has 0 aliphatic heterocycles. The second kappa shape index (κ2) is 5.73. The summed E-state index contributed by atoms with van der Waals surface area (Å²) in [6.45, 7) is 2.05. The molecule has 1 N–H and O–H groups in total. The minimum Gasteiger partial charge on any atom is -0.273 e. The van der Waals surface area contributed by atoms with Crippen LogP contribution in [0.1, 0.15) is 26.2 Å². The van der Waals surface area contributed by atoms with Gasteiger partial charge in [-0.2, -0.15) is 0 Å². The maximum absolute atomic E-state index is 11.8. The fourth-order valence-electron chi connectivity index (χ4n) is 1.69. The number of aromatic nitrogens is 2. The van der Waals surface area contributed by atoms with Crippen molar-refractivity contribution in [2.45, 2.75) is 26.2 Å². The van der Waals surface area contributed by atoms with E-state index in [9.17, 15) is 4.79 Å². The lowest BCUT2D eigenvalue weighted by Gasteiger charge is -2.11. The number of hydrogen-bond donors (Lipinski definition) is 1. The van der Waals surface area contributed by atoms with Crippen molar-refractivity contribution in [3.05, 3.63) is 35.1 Å². The molecule has 0 bridgehead atoms. The van der Waals surface area contributed by atoms with Gasteiger partial charge in [0.05, 0.1) is 0 Å². The third-order valence-electron chi connectivity index (χ3n) is 2.65. The van der Waals surface area contributed by atoms with Crippen LogP contribution in [0.3, 0.4) is 0 Å². The lowest BCUT2D eigenvalue weighted by atomic mass is 10.2. The summed E-state index contributed by atoms with van der Waals surface area (Å²) < 4.78 is 2.12. The van der Waals surface area contributed by atoms with Gasteiger partial charge in [0.25, 0.3) is 0 Å². The summed E-state index contributed by atoms with van der Waals surface area (Å²) in [4.78, 5) is 16.0. The summed E-state index contributed by atoms with van der Waals surface area (Å²) in [6, 6.07) is 7.49. The van der Waals surface area contributed by atoms with E-state index in [1.54, 1.807) is 16.9 Å². The van der Waals surface area contributed by atoms with Crippen molar-refractivity contribution in [2.75, 3.05) is 5.43 Å². The molecule has 2 rings (SSSR count). The zero-order chi connectivity index (χ0) is 13.0. The largest absolute Gasteiger partial charge is 0.273 e. The van der Waals surface area contributed by atoms with E-state index in [2.05, 4.69) is 17.3 Å². The zero-order valence-electron chi connectivity index (χ0n) is 10.2. The first-order chi connectivity index (χ1) is 8.72. The van der Waals surface area contributed by atoms with Gasteiger partial charge in [-0.25, -0.2) is 9.66 Å². The zero-order valence-corrected chi connectivity index (χ0v) is 11.0. The van der Waals surface area contributed by atoms with E-state index >= 15 is 0 Å². The summed E-state index contributed by atoms with van der Waals surface area (Å²) in [5.41, 5.74) is 3.47. The third-order valence-corrected chi connectivity index (χ3v) is 2.97. The van der Waals surface area contributed by atoms with Crippen molar-refractivity contribution in [3.8, 4) is 0 Å². The maximum Gasteiger partial charge on any atom is 0.238 e. The number of pyridine rings is 2. The lowest BCUT2D eigenvalue weighted by molar-refractivity contribution is -0.117. The van der Waals surface area contributed by atoms with Gasteiger partial charge in [0.1, 0.15) is 4.64 Å². The van der Waals surface area contributed by atoms with Crippen molar-refractivity contribution in [2.24, 2.45) is 0 Å². The summed E-state index contributed by atoms with van der Waals surface area (Å²) >= 11 is 5.22. The average molecular weight is 261 g/mol. The van der Waals surface area contributed by atoms with Gasteiger partial charge in [0, 0.05) is 18.0 Å². The Morgan fingerprint density at radius 1 is 1.44 bits per heavy atom. The lowest BCUT2D eigenvalue weighted by Crippen LogP contribution is -2.24. The molecule has 0 unspecified atom stereocenters. The van der Waals surface area contributed by atoms with Gasteiger partial charge in [0.2, 0.25) is 5.91 Å². The molecule has 0 saturated carbocycles. The molecule has 0 radical (unpaired) electrons. The Morgan fingerprint density at radius 2 is 2.28 bits per heavy atom. The molecule has 18 heavy (non-hydrogen) atoms. The highest BCUT2D eigenvalue weighted by molar-refractivity contribution is 7.71. The molecule has 0 aliphatic rings. The van der Waals surface area contributed by atoms with E-state index < -0.39 is 0 Å². The smallest absolute Gasteiger partial charge is 0.238 e. The molecular weight excluding hydrogens is 246 g/mol. The highest BCUT2D eigenvalue weighted by Gasteiger charge is 2.05. The molecule has 2 aromatic heterocycles. The molecule has 0 fully saturated rings. The summed E-state index contributed by atoms with van der Waals surface area (Å²) in [7, 11) is 0. The molecule has 5 heteroatoms. The normalized spacial score (nSPS) is 10.5. The Balaban J connectivity index is 2.35. The van der Waals surface area contributed by atoms with Crippen LogP contribution in [0.25, 0.3) is 11.0 Å². The number of fused-ring (bicyclic) bond motifs is 1. The third kappa shape index (κ3) is 2.73. The van der Waals surface area contributed by atoms with Crippen LogP contribution in [0.5, 0.6) is 0 Å². The van der Waals surface area contributed by atoms with Crippen LogP contribution in [0, 0.1) is 4.64 Å². The fraction of sp³-hybridized carbons (Fsp3) is 0.308. The van der Waals surface area contributed by atoms with Crippen molar-refractivity contribution < 1.29 is 4.79 Å². The van der Waals surface area contributed by atoms with Gasteiger partial charge in [-0.1, -0.05) is 25.6 Å². The van der Waals surface area contributed by atoms with Crippen molar-refractivity contribution in [3.63, 3.8) is 0 Å².